The zero-order chi connectivity index (χ0) is 22.9. The SMILES string of the molecule is CCNc1nnc(SCC(=O)Nc2cc(OC)c(NC(=O)c3ccccc3)cc2OC)s1. The molecular formula is C21H23N5O4S2. The van der Waals surface area contributed by atoms with Crippen molar-refractivity contribution in [3.8, 4) is 11.5 Å². The van der Waals surface area contributed by atoms with Gasteiger partial charge in [-0.25, -0.2) is 0 Å². The summed E-state index contributed by atoms with van der Waals surface area (Å²) in [4.78, 5) is 25.0. The molecule has 1 aromatic heterocycles. The lowest BCUT2D eigenvalue weighted by Gasteiger charge is -2.16. The molecule has 0 unspecified atom stereocenters. The van der Waals surface area contributed by atoms with E-state index in [-0.39, 0.29) is 17.6 Å². The lowest BCUT2D eigenvalue weighted by molar-refractivity contribution is -0.113. The predicted molar refractivity (Wildman–Crippen MR) is 127 cm³/mol. The number of nitrogens with zero attached hydrogens (tertiary/aromatic N) is 2. The molecule has 2 amide bonds. The second-order valence-electron chi connectivity index (χ2n) is 6.31. The molecule has 0 radical (unpaired) electrons. The van der Waals surface area contributed by atoms with Gasteiger partial charge >= 0.3 is 0 Å². The van der Waals surface area contributed by atoms with Gasteiger partial charge in [-0.1, -0.05) is 41.3 Å². The quantitative estimate of drug-likeness (QED) is 0.379. The number of nitrogens with one attached hydrogen (secondary N) is 3. The summed E-state index contributed by atoms with van der Waals surface area (Å²) >= 11 is 2.68. The van der Waals surface area contributed by atoms with E-state index >= 15 is 0 Å². The molecule has 0 saturated heterocycles. The van der Waals surface area contributed by atoms with Crippen LogP contribution in [0, 0.1) is 0 Å². The molecule has 168 valence electrons. The first kappa shape index (κ1) is 23.4. The van der Waals surface area contributed by atoms with Gasteiger partial charge in [0.2, 0.25) is 11.0 Å². The number of hydrogen-bond donors (Lipinski definition) is 3. The number of benzene rings is 2. The molecule has 1 heterocycles. The average molecular weight is 474 g/mol. The van der Waals surface area contributed by atoms with Crippen molar-refractivity contribution in [2.45, 2.75) is 11.3 Å². The second-order valence-corrected chi connectivity index (χ2v) is 8.51. The Balaban J connectivity index is 1.69. The van der Waals surface area contributed by atoms with Crippen molar-refractivity contribution in [3.05, 3.63) is 48.0 Å². The van der Waals surface area contributed by atoms with Gasteiger partial charge in [0.1, 0.15) is 11.5 Å². The lowest BCUT2D eigenvalue weighted by atomic mass is 10.2. The molecule has 2 aromatic carbocycles. The second kappa shape index (κ2) is 11.3. The smallest absolute Gasteiger partial charge is 0.255 e. The fourth-order valence-corrected chi connectivity index (χ4v) is 4.30. The van der Waals surface area contributed by atoms with Gasteiger partial charge < -0.3 is 25.4 Å². The van der Waals surface area contributed by atoms with E-state index in [2.05, 4.69) is 26.1 Å². The highest BCUT2D eigenvalue weighted by Crippen LogP contribution is 2.37. The summed E-state index contributed by atoms with van der Waals surface area (Å²) in [5, 5.41) is 17.5. The molecule has 0 saturated carbocycles. The third-order valence-corrected chi connectivity index (χ3v) is 6.16. The Hall–Kier alpha value is -3.31. The Morgan fingerprint density at radius 1 is 1.00 bits per heavy atom. The Morgan fingerprint density at radius 2 is 1.66 bits per heavy atom. The molecule has 0 atom stereocenters. The third kappa shape index (κ3) is 6.11. The normalized spacial score (nSPS) is 10.3. The largest absolute Gasteiger partial charge is 0.494 e. The summed E-state index contributed by atoms with van der Waals surface area (Å²) in [6, 6.07) is 12.0. The highest BCUT2D eigenvalue weighted by Gasteiger charge is 2.17. The van der Waals surface area contributed by atoms with E-state index in [0.29, 0.717) is 32.8 Å². The summed E-state index contributed by atoms with van der Waals surface area (Å²) in [5.41, 5.74) is 1.37. The van der Waals surface area contributed by atoms with Gasteiger partial charge in [-0.3, -0.25) is 9.59 Å². The summed E-state index contributed by atoms with van der Waals surface area (Å²) < 4.78 is 11.5. The number of carbonyl (C=O) groups is 2. The van der Waals surface area contributed by atoms with E-state index in [9.17, 15) is 9.59 Å². The Labute approximate surface area is 193 Å². The van der Waals surface area contributed by atoms with Crippen molar-refractivity contribution in [2.75, 3.05) is 42.5 Å². The molecule has 11 heteroatoms. The summed E-state index contributed by atoms with van der Waals surface area (Å²) in [6.07, 6.45) is 0. The van der Waals surface area contributed by atoms with E-state index in [1.165, 1.54) is 37.3 Å². The van der Waals surface area contributed by atoms with Gasteiger partial charge in [0, 0.05) is 24.2 Å². The van der Waals surface area contributed by atoms with Crippen molar-refractivity contribution < 1.29 is 19.1 Å². The van der Waals surface area contributed by atoms with Crippen LogP contribution < -0.4 is 25.4 Å². The monoisotopic (exact) mass is 473 g/mol. The fraction of sp³-hybridized carbons (Fsp3) is 0.238. The number of ether oxygens (including phenoxy) is 2. The van der Waals surface area contributed by atoms with Crippen molar-refractivity contribution in [1.29, 1.82) is 0 Å². The first-order valence-electron chi connectivity index (χ1n) is 9.66. The molecule has 3 rings (SSSR count). The molecule has 0 aliphatic heterocycles. The van der Waals surface area contributed by atoms with Gasteiger partial charge in [-0.15, -0.1) is 10.2 Å². The van der Waals surface area contributed by atoms with Gasteiger partial charge in [-0.05, 0) is 19.1 Å². The van der Waals surface area contributed by atoms with Crippen LogP contribution in [0.2, 0.25) is 0 Å². The zero-order valence-corrected chi connectivity index (χ0v) is 19.4. The van der Waals surface area contributed by atoms with Crippen molar-refractivity contribution in [3.63, 3.8) is 0 Å². The maximum absolute atomic E-state index is 12.5. The molecule has 0 aliphatic rings. The third-order valence-electron chi connectivity index (χ3n) is 4.14. The first-order valence-corrected chi connectivity index (χ1v) is 11.5. The molecule has 0 spiro atoms. The predicted octanol–water partition coefficient (Wildman–Crippen LogP) is 3.97. The summed E-state index contributed by atoms with van der Waals surface area (Å²) in [6.45, 7) is 2.73. The minimum absolute atomic E-state index is 0.152. The topological polar surface area (TPSA) is 114 Å². The number of carbonyl (C=O) groups excluding carboxylic acids is 2. The molecule has 3 aromatic rings. The Bertz CT molecular complexity index is 1080. The molecule has 0 fully saturated rings. The van der Waals surface area contributed by atoms with Gasteiger partial charge in [0.05, 0.1) is 31.3 Å². The van der Waals surface area contributed by atoms with E-state index in [1.54, 1.807) is 36.4 Å². The van der Waals surface area contributed by atoms with E-state index in [4.69, 9.17) is 9.47 Å². The van der Waals surface area contributed by atoms with E-state index < -0.39 is 0 Å². The molecular weight excluding hydrogens is 450 g/mol. The minimum Gasteiger partial charge on any atom is -0.494 e. The van der Waals surface area contributed by atoms with Crippen LogP contribution in [0.3, 0.4) is 0 Å². The van der Waals surface area contributed by atoms with Crippen molar-refractivity contribution in [2.24, 2.45) is 0 Å². The van der Waals surface area contributed by atoms with Crippen molar-refractivity contribution in [1.82, 2.24) is 10.2 Å². The fourth-order valence-electron chi connectivity index (χ4n) is 2.68. The van der Waals surface area contributed by atoms with Crippen LogP contribution in [0.4, 0.5) is 16.5 Å². The standard InChI is InChI=1S/C21H23N5O4S2/c1-4-22-20-25-26-21(32-20)31-12-18(27)23-14-10-17(30-3)15(11-16(14)29-2)24-19(28)13-8-6-5-7-9-13/h5-11H,4,12H2,1-3H3,(H,22,25)(H,23,27)(H,24,28). The van der Waals surface area contributed by atoms with Crippen LogP contribution in [0.25, 0.3) is 0 Å². The zero-order valence-electron chi connectivity index (χ0n) is 17.8. The highest BCUT2D eigenvalue weighted by molar-refractivity contribution is 8.01. The van der Waals surface area contributed by atoms with Crippen LogP contribution in [0.1, 0.15) is 17.3 Å². The summed E-state index contributed by atoms with van der Waals surface area (Å²) in [7, 11) is 2.97. The van der Waals surface area contributed by atoms with Crippen LogP contribution in [-0.2, 0) is 4.79 Å². The average Bonchev–Trinajstić information content (AvgIpc) is 3.26. The first-order chi connectivity index (χ1) is 15.5. The number of amides is 2. The maximum atomic E-state index is 12.5. The van der Waals surface area contributed by atoms with Gasteiger partial charge in [0.25, 0.3) is 5.91 Å². The number of hydrogen-bond acceptors (Lipinski definition) is 9. The minimum atomic E-state index is -0.284. The van der Waals surface area contributed by atoms with Crippen LogP contribution in [-0.4, -0.2) is 48.5 Å². The van der Waals surface area contributed by atoms with Crippen LogP contribution >= 0.6 is 23.1 Å². The number of rotatable bonds is 10. The number of aromatic nitrogens is 2. The Kier molecular flexibility index (Phi) is 8.28. The maximum Gasteiger partial charge on any atom is 0.255 e. The molecule has 3 N–H and O–H groups in total. The highest BCUT2D eigenvalue weighted by atomic mass is 32.2. The molecule has 32 heavy (non-hydrogen) atoms. The summed E-state index contributed by atoms with van der Waals surface area (Å²) in [5.74, 6) is 0.402. The van der Waals surface area contributed by atoms with E-state index in [0.717, 1.165) is 11.7 Å². The van der Waals surface area contributed by atoms with E-state index in [1.807, 2.05) is 13.0 Å². The number of thioether (sulfide) groups is 1. The van der Waals surface area contributed by atoms with Gasteiger partial charge in [-0.2, -0.15) is 0 Å². The van der Waals surface area contributed by atoms with Crippen LogP contribution in [0.5, 0.6) is 11.5 Å². The number of methoxy groups -OCH3 is 2. The molecule has 0 bridgehead atoms. The van der Waals surface area contributed by atoms with Gasteiger partial charge in [0.15, 0.2) is 4.34 Å². The van der Waals surface area contributed by atoms with Crippen molar-refractivity contribution >= 4 is 51.4 Å². The van der Waals surface area contributed by atoms with Crippen LogP contribution in [0.15, 0.2) is 46.8 Å². The molecule has 0 aliphatic carbocycles. The molecule has 9 nitrogen and oxygen atoms in total. The number of anilines is 3. The lowest BCUT2D eigenvalue weighted by Crippen LogP contribution is -2.16. The Morgan fingerprint density at radius 3 is 2.28 bits per heavy atom.